The molecule has 0 bridgehead atoms. The van der Waals surface area contributed by atoms with Gasteiger partial charge in [-0.1, -0.05) is 40.5 Å². The number of fused-ring (bicyclic) bond motifs is 1. The molecule has 0 spiro atoms. The minimum atomic E-state index is -0.785. The largest absolute Gasteiger partial charge is 0.479 e. The van der Waals surface area contributed by atoms with Gasteiger partial charge in [0.2, 0.25) is 0 Å². The molecule has 0 radical (unpaired) electrons. The fourth-order valence-corrected chi connectivity index (χ4v) is 2.80. The van der Waals surface area contributed by atoms with Gasteiger partial charge in [0.15, 0.2) is 6.10 Å². The normalized spacial score (nSPS) is 12.8. The fraction of sp³-hybridized carbons (Fsp3) is 0.222. The van der Waals surface area contributed by atoms with Crippen molar-refractivity contribution in [2.24, 2.45) is 5.10 Å². The maximum atomic E-state index is 12.2. The summed E-state index contributed by atoms with van der Waals surface area (Å²) in [5, 5.41) is 13.1. The summed E-state index contributed by atoms with van der Waals surface area (Å²) >= 11 is 11.9. The van der Waals surface area contributed by atoms with Gasteiger partial charge in [-0.15, -0.1) is 5.10 Å². The number of halogens is 2. The van der Waals surface area contributed by atoms with E-state index in [0.717, 1.165) is 11.0 Å². The number of nitrogens with zero attached hydrogens (tertiary/aromatic N) is 4. The van der Waals surface area contributed by atoms with Crippen molar-refractivity contribution >= 4 is 45.9 Å². The van der Waals surface area contributed by atoms with Crippen molar-refractivity contribution in [3.05, 3.63) is 52.5 Å². The van der Waals surface area contributed by atoms with Gasteiger partial charge >= 0.3 is 0 Å². The molecule has 0 aliphatic rings. The van der Waals surface area contributed by atoms with E-state index in [-0.39, 0.29) is 0 Å². The molecule has 3 rings (SSSR count). The Kier molecular flexibility index (Phi) is 5.93. The first kappa shape index (κ1) is 19.1. The molecule has 9 heteroatoms. The van der Waals surface area contributed by atoms with Crippen LogP contribution in [0, 0.1) is 0 Å². The maximum absolute atomic E-state index is 12.2. The van der Waals surface area contributed by atoms with E-state index < -0.39 is 12.0 Å². The smallest absolute Gasteiger partial charge is 0.280 e. The lowest BCUT2D eigenvalue weighted by molar-refractivity contribution is -0.127. The number of hydrogen-bond donors (Lipinski definition) is 1. The van der Waals surface area contributed by atoms with Crippen LogP contribution in [0.2, 0.25) is 10.0 Å². The lowest BCUT2D eigenvalue weighted by Gasteiger charge is -2.14. The molecular weight excluding hydrogens is 389 g/mol. The number of rotatable bonds is 6. The topological polar surface area (TPSA) is 81.4 Å². The van der Waals surface area contributed by atoms with Crippen LogP contribution < -0.4 is 10.2 Å². The quantitative estimate of drug-likeness (QED) is 0.500. The molecule has 0 aliphatic carbocycles. The predicted octanol–water partition coefficient (Wildman–Crippen LogP) is 3.70. The summed E-state index contributed by atoms with van der Waals surface area (Å²) < 4.78 is 7.27. The first-order valence-corrected chi connectivity index (χ1v) is 8.92. The molecule has 27 heavy (non-hydrogen) atoms. The molecule has 1 amide bonds. The monoisotopic (exact) mass is 405 g/mol. The molecule has 0 fully saturated rings. The van der Waals surface area contributed by atoms with Gasteiger partial charge in [0.05, 0.1) is 22.8 Å². The summed E-state index contributed by atoms with van der Waals surface area (Å²) in [5.74, 6) is -0.0256. The lowest BCUT2D eigenvalue weighted by Crippen LogP contribution is -2.34. The molecule has 140 valence electrons. The molecule has 0 unspecified atom stereocenters. The highest BCUT2D eigenvalue weighted by Crippen LogP contribution is 2.28. The van der Waals surface area contributed by atoms with Crippen molar-refractivity contribution in [2.75, 3.05) is 0 Å². The van der Waals surface area contributed by atoms with Crippen LogP contribution in [0.1, 0.15) is 13.8 Å². The van der Waals surface area contributed by atoms with Crippen molar-refractivity contribution in [2.45, 2.75) is 26.5 Å². The fourth-order valence-electron chi connectivity index (χ4n) is 2.34. The third kappa shape index (κ3) is 4.75. The number of hydrazone groups is 1. The molecule has 0 saturated carbocycles. The van der Waals surface area contributed by atoms with Crippen LogP contribution in [-0.2, 0) is 11.3 Å². The van der Waals surface area contributed by atoms with E-state index in [1.165, 1.54) is 0 Å². The zero-order valence-corrected chi connectivity index (χ0v) is 16.2. The summed E-state index contributed by atoms with van der Waals surface area (Å²) in [5.41, 5.74) is 4.85. The zero-order valence-electron chi connectivity index (χ0n) is 14.7. The number of amides is 1. The van der Waals surface area contributed by atoms with Crippen LogP contribution in [0.15, 0.2) is 47.6 Å². The Morgan fingerprint density at radius 2 is 2.07 bits per heavy atom. The average molecular weight is 406 g/mol. The van der Waals surface area contributed by atoms with E-state index in [1.54, 1.807) is 36.7 Å². The van der Waals surface area contributed by atoms with Crippen LogP contribution >= 0.6 is 23.2 Å². The van der Waals surface area contributed by atoms with E-state index in [2.05, 4.69) is 20.8 Å². The Balaban J connectivity index is 1.59. The average Bonchev–Trinajstić information content (AvgIpc) is 3.05. The van der Waals surface area contributed by atoms with E-state index >= 15 is 0 Å². The van der Waals surface area contributed by atoms with Gasteiger partial charge in [0.25, 0.3) is 5.91 Å². The van der Waals surface area contributed by atoms with E-state index in [1.807, 2.05) is 24.3 Å². The number of carbonyl (C=O) groups excluding carboxylic acids is 1. The first-order valence-electron chi connectivity index (χ1n) is 8.17. The van der Waals surface area contributed by atoms with E-state index in [4.69, 9.17) is 27.9 Å². The number of para-hydroxylation sites is 1. The van der Waals surface area contributed by atoms with Gasteiger partial charge in [-0.05, 0) is 44.2 Å². The highest BCUT2D eigenvalue weighted by molar-refractivity contribution is 6.35. The molecule has 1 N–H and O–H groups in total. The van der Waals surface area contributed by atoms with Gasteiger partial charge in [-0.3, -0.25) is 4.79 Å². The SMILES string of the molecule is C/C(Cn1nnc2ccccc21)=N/NC(=O)[C@@H](C)Oc1ccc(Cl)cc1Cl. The highest BCUT2D eigenvalue weighted by Gasteiger charge is 2.16. The Morgan fingerprint density at radius 3 is 2.85 bits per heavy atom. The van der Waals surface area contributed by atoms with Crippen LogP contribution in [0.25, 0.3) is 11.0 Å². The minimum absolute atomic E-state index is 0.333. The second-order valence-corrected chi connectivity index (χ2v) is 6.74. The summed E-state index contributed by atoms with van der Waals surface area (Å²) in [6, 6.07) is 12.4. The number of carbonyl (C=O) groups is 1. The maximum Gasteiger partial charge on any atom is 0.280 e. The van der Waals surface area contributed by atoms with Crippen molar-refractivity contribution in [1.29, 1.82) is 0 Å². The third-order valence-corrected chi connectivity index (χ3v) is 4.25. The Labute approximate surface area is 165 Å². The number of ether oxygens (including phenoxy) is 1. The summed E-state index contributed by atoms with van der Waals surface area (Å²) in [6.07, 6.45) is -0.785. The van der Waals surface area contributed by atoms with Crippen LogP contribution in [-0.4, -0.2) is 32.7 Å². The van der Waals surface area contributed by atoms with Crippen molar-refractivity contribution in [3.63, 3.8) is 0 Å². The molecule has 2 aromatic carbocycles. The molecule has 7 nitrogen and oxygen atoms in total. The molecular formula is C18H17Cl2N5O2. The van der Waals surface area contributed by atoms with Crippen molar-refractivity contribution in [3.8, 4) is 5.75 Å². The van der Waals surface area contributed by atoms with Crippen LogP contribution in [0.3, 0.4) is 0 Å². The second-order valence-electron chi connectivity index (χ2n) is 5.89. The number of benzene rings is 2. The predicted molar refractivity (Wildman–Crippen MR) is 105 cm³/mol. The third-order valence-electron chi connectivity index (χ3n) is 3.72. The zero-order chi connectivity index (χ0) is 19.4. The molecule has 0 saturated heterocycles. The molecule has 1 aromatic heterocycles. The Morgan fingerprint density at radius 1 is 1.30 bits per heavy atom. The molecule has 0 aliphatic heterocycles. The molecule has 3 aromatic rings. The number of nitrogens with one attached hydrogen (secondary N) is 1. The molecule has 1 heterocycles. The highest BCUT2D eigenvalue weighted by atomic mass is 35.5. The number of aromatic nitrogens is 3. The summed E-state index contributed by atoms with van der Waals surface area (Å²) in [4.78, 5) is 12.2. The number of hydrogen-bond acceptors (Lipinski definition) is 5. The van der Waals surface area contributed by atoms with Gasteiger partial charge in [-0.2, -0.15) is 5.10 Å². The van der Waals surface area contributed by atoms with E-state index in [9.17, 15) is 4.79 Å². The Bertz CT molecular complexity index is 1000. The van der Waals surface area contributed by atoms with Crippen LogP contribution in [0.5, 0.6) is 5.75 Å². The standard InChI is InChI=1S/C18H17Cl2N5O2/c1-11(10-25-16-6-4-3-5-15(16)22-24-25)21-23-18(26)12(2)27-17-8-7-13(19)9-14(17)20/h3-9,12H,10H2,1-2H3,(H,23,26)/b21-11-/t12-/m1/s1. The first-order chi connectivity index (χ1) is 12.9. The molecule has 1 atom stereocenters. The Hall–Kier alpha value is -2.64. The van der Waals surface area contributed by atoms with Gasteiger partial charge < -0.3 is 4.74 Å². The van der Waals surface area contributed by atoms with Crippen LogP contribution in [0.4, 0.5) is 0 Å². The van der Waals surface area contributed by atoms with Gasteiger partial charge in [-0.25, -0.2) is 10.1 Å². The second kappa shape index (κ2) is 8.37. The van der Waals surface area contributed by atoms with Gasteiger partial charge in [0, 0.05) is 5.02 Å². The van der Waals surface area contributed by atoms with Gasteiger partial charge in [0.1, 0.15) is 11.3 Å². The minimum Gasteiger partial charge on any atom is -0.479 e. The summed E-state index contributed by atoms with van der Waals surface area (Å²) in [6.45, 7) is 3.80. The van der Waals surface area contributed by atoms with Crippen molar-refractivity contribution < 1.29 is 9.53 Å². The lowest BCUT2D eigenvalue weighted by atomic mass is 10.3. The summed E-state index contributed by atoms with van der Waals surface area (Å²) in [7, 11) is 0. The van der Waals surface area contributed by atoms with Crippen molar-refractivity contribution in [1.82, 2.24) is 20.4 Å². The van der Waals surface area contributed by atoms with E-state index in [0.29, 0.717) is 28.1 Å².